The maximum Gasteiger partial charge on any atom is 0.352 e. The molecule has 1 saturated heterocycles. The topological polar surface area (TPSA) is 89.7 Å². The molecule has 0 aliphatic carbocycles. The zero-order valence-electron chi connectivity index (χ0n) is 11.1. The number of aromatic nitrogens is 2. The molecule has 0 spiro atoms. The van der Waals surface area contributed by atoms with E-state index in [9.17, 15) is 10.1 Å². The summed E-state index contributed by atoms with van der Waals surface area (Å²) in [6, 6.07) is 5.68. The normalized spacial score (nSPS) is 19.8. The SMILES string of the molecule is NCC1CCCN1Cc1nc2ccccn2c1[N+](=O)[O-]. The van der Waals surface area contributed by atoms with Crippen LogP contribution in [0, 0.1) is 10.1 Å². The maximum absolute atomic E-state index is 11.3. The van der Waals surface area contributed by atoms with E-state index in [0.29, 0.717) is 30.5 Å². The monoisotopic (exact) mass is 275 g/mol. The van der Waals surface area contributed by atoms with Gasteiger partial charge in [0.2, 0.25) is 5.65 Å². The van der Waals surface area contributed by atoms with Gasteiger partial charge in [-0.2, -0.15) is 4.40 Å². The Kier molecular flexibility index (Phi) is 3.37. The van der Waals surface area contributed by atoms with Gasteiger partial charge in [-0.1, -0.05) is 6.07 Å². The second kappa shape index (κ2) is 5.18. The zero-order chi connectivity index (χ0) is 14.1. The highest BCUT2D eigenvalue weighted by molar-refractivity contribution is 5.48. The van der Waals surface area contributed by atoms with Crippen LogP contribution >= 0.6 is 0 Å². The van der Waals surface area contributed by atoms with Crippen molar-refractivity contribution in [3.8, 4) is 0 Å². The molecule has 1 aliphatic rings. The lowest BCUT2D eigenvalue weighted by molar-refractivity contribution is -0.391. The highest BCUT2D eigenvalue weighted by Gasteiger charge is 2.29. The molecule has 1 unspecified atom stereocenters. The third-order valence-electron chi connectivity index (χ3n) is 3.87. The zero-order valence-corrected chi connectivity index (χ0v) is 11.1. The number of rotatable bonds is 4. The van der Waals surface area contributed by atoms with Crippen LogP contribution in [0.15, 0.2) is 24.4 Å². The van der Waals surface area contributed by atoms with E-state index in [2.05, 4.69) is 9.88 Å². The van der Waals surface area contributed by atoms with Crippen molar-refractivity contribution in [2.45, 2.75) is 25.4 Å². The van der Waals surface area contributed by atoms with Gasteiger partial charge in [-0.05, 0) is 30.4 Å². The smallest absolute Gasteiger partial charge is 0.352 e. The Morgan fingerprint density at radius 1 is 1.50 bits per heavy atom. The van der Waals surface area contributed by atoms with Crippen molar-refractivity contribution in [1.82, 2.24) is 14.3 Å². The molecule has 0 amide bonds. The van der Waals surface area contributed by atoms with Gasteiger partial charge in [0.1, 0.15) is 0 Å². The Bertz CT molecular complexity index is 639. The number of nitrogens with zero attached hydrogens (tertiary/aromatic N) is 4. The van der Waals surface area contributed by atoms with Crippen molar-refractivity contribution >= 4 is 11.5 Å². The minimum atomic E-state index is -0.358. The van der Waals surface area contributed by atoms with Crippen LogP contribution in [0.1, 0.15) is 18.5 Å². The van der Waals surface area contributed by atoms with Crippen LogP contribution in [0.3, 0.4) is 0 Å². The van der Waals surface area contributed by atoms with Crippen molar-refractivity contribution in [3.05, 3.63) is 40.2 Å². The lowest BCUT2D eigenvalue weighted by Crippen LogP contribution is -2.35. The fourth-order valence-corrected chi connectivity index (χ4v) is 2.89. The average Bonchev–Trinajstić information content (AvgIpc) is 3.02. The predicted molar refractivity (Wildman–Crippen MR) is 74.3 cm³/mol. The van der Waals surface area contributed by atoms with Gasteiger partial charge in [0, 0.05) is 25.2 Å². The van der Waals surface area contributed by atoms with Crippen LogP contribution in [-0.2, 0) is 6.54 Å². The Hall–Kier alpha value is -1.99. The first kappa shape index (κ1) is 13.0. The van der Waals surface area contributed by atoms with Gasteiger partial charge in [0.25, 0.3) is 0 Å². The number of hydrogen-bond acceptors (Lipinski definition) is 5. The summed E-state index contributed by atoms with van der Waals surface area (Å²) >= 11 is 0. The fourth-order valence-electron chi connectivity index (χ4n) is 2.89. The van der Waals surface area contributed by atoms with E-state index in [1.165, 1.54) is 4.40 Å². The maximum atomic E-state index is 11.3. The Morgan fingerprint density at radius 2 is 2.35 bits per heavy atom. The molecule has 1 fully saturated rings. The number of likely N-dealkylation sites (tertiary alicyclic amines) is 1. The van der Waals surface area contributed by atoms with Crippen LogP contribution in [0.5, 0.6) is 0 Å². The number of pyridine rings is 1. The van der Waals surface area contributed by atoms with Crippen LogP contribution in [0.2, 0.25) is 0 Å². The molecule has 2 N–H and O–H groups in total. The quantitative estimate of drug-likeness (QED) is 0.668. The number of fused-ring (bicyclic) bond motifs is 1. The molecule has 7 heteroatoms. The molecule has 0 radical (unpaired) electrons. The van der Waals surface area contributed by atoms with Crippen LogP contribution in [0.4, 0.5) is 5.82 Å². The first-order chi connectivity index (χ1) is 9.70. The summed E-state index contributed by atoms with van der Waals surface area (Å²) in [5.74, 6) is 0.0586. The Balaban J connectivity index is 1.98. The number of imidazole rings is 1. The van der Waals surface area contributed by atoms with Crippen molar-refractivity contribution in [3.63, 3.8) is 0 Å². The second-order valence-corrected chi connectivity index (χ2v) is 5.07. The molecule has 2 aromatic heterocycles. The molecular weight excluding hydrogens is 258 g/mol. The van der Waals surface area contributed by atoms with Crippen molar-refractivity contribution in [1.29, 1.82) is 0 Å². The summed E-state index contributed by atoms with van der Waals surface area (Å²) in [6.07, 6.45) is 3.81. The van der Waals surface area contributed by atoms with Crippen molar-refractivity contribution < 1.29 is 4.92 Å². The van der Waals surface area contributed by atoms with Crippen LogP contribution in [0.25, 0.3) is 5.65 Å². The third-order valence-corrected chi connectivity index (χ3v) is 3.87. The predicted octanol–water partition coefficient (Wildman–Crippen LogP) is 1.17. The van der Waals surface area contributed by atoms with E-state index >= 15 is 0 Å². The first-order valence-electron chi connectivity index (χ1n) is 6.75. The van der Waals surface area contributed by atoms with Gasteiger partial charge < -0.3 is 15.8 Å². The summed E-state index contributed by atoms with van der Waals surface area (Å²) in [5, 5.41) is 11.3. The summed E-state index contributed by atoms with van der Waals surface area (Å²) in [6.45, 7) is 1.99. The standard InChI is InChI=1S/C13H17N5O2/c14-8-10-4-3-6-16(10)9-11-13(18(19)20)17-7-2-1-5-12(17)15-11/h1-2,5,7,10H,3-4,6,8-9,14H2. The molecule has 0 saturated carbocycles. The summed E-state index contributed by atoms with van der Waals surface area (Å²) < 4.78 is 1.53. The van der Waals surface area contributed by atoms with E-state index in [0.717, 1.165) is 19.4 Å². The molecule has 2 aromatic rings. The summed E-state index contributed by atoms with van der Waals surface area (Å²) in [5.41, 5.74) is 6.87. The summed E-state index contributed by atoms with van der Waals surface area (Å²) in [7, 11) is 0. The largest absolute Gasteiger partial charge is 0.358 e. The molecule has 3 heterocycles. The van der Waals surface area contributed by atoms with Crippen molar-refractivity contribution in [2.24, 2.45) is 5.73 Å². The van der Waals surface area contributed by atoms with Gasteiger partial charge in [-0.15, -0.1) is 0 Å². The average molecular weight is 275 g/mol. The Morgan fingerprint density at radius 3 is 3.10 bits per heavy atom. The molecule has 3 rings (SSSR count). The van der Waals surface area contributed by atoms with E-state index in [1.54, 1.807) is 18.3 Å². The molecular formula is C13H17N5O2. The molecule has 0 aromatic carbocycles. The fraction of sp³-hybridized carbons (Fsp3) is 0.462. The van der Waals surface area contributed by atoms with E-state index in [-0.39, 0.29) is 10.7 Å². The molecule has 0 bridgehead atoms. The minimum absolute atomic E-state index is 0.0586. The highest BCUT2D eigenvalue weighted by atomic mass is 16.6. The second-order valence-electron chi connectivity index (χ2n) is 5.07. The van der Waals surface area contributed by atoms with Crippen LogP contribution < -0.4 is 5.73 Å². The van der Waals surface area contributed by atoms with Crippen molar-refractivity contribution in [2.75, 3.05) is 13.1 Å². The molecule has 7 nitrogen and oxygen atoms in total. The highest BCUT2D eigenvalue weighted by Crippen LogP contribution is 2.25. The van der Waals surface area contributed by atoms with Crippen LogP contribution in [-0.4, -0.2) is 38.3 Å². The molecule has 106 valence electrons. The molecule has 1 atom stereocenters. The number of nitro groups is 1. The Labute approximate surface area is 116 Å². The van der Waals surface area contributed by atoms with Gasteiger partial charge in [-0.3, -0.25) is 4.90 Å². The molecule has 1 aliphatic heterocycles. The van der Waals surface area contributed by atoms with Gasteiger partial charge in [0.15, 0.2) is 5.69 Å². The van der Waals surface area contributed by atoms with E-state index in [4.69, 9.17) is 5.73 Å². The summed E-state index contributed by atoms with van der Waals surface area (Å²) in [4.78, 5) is 17.6. The molecule has 20 heavy (non-hydrogen) atoms. The van der Waals surface area contributed by atoms with Gasteiger partial charge >= 0.3 is 5.82 Å². The van der Waals surface area contributed by atoms with E-state index in [1.807, 2.05) is 6.07 Å². The first-order valence-corrected chi connectivity index (χ1v) is 6.75. The number of hydrogen-bond donors (Lipinski definition) is 1. The minimum Gasteiger partial charge on any atom is -0.358 e. The lowest BCUT2D eigenvalue weighted by Gasteiger charge is -2.21. The van der Waals surface area contributed by atoms with Gasteiger partial charge in [-0.25, -0.2) is 4.98 Å². The van der Waals surface area contributed by atoms with Gasteiger partial charge in [0.05, 0.1) is 6.20 Å². The third kappa shape index (κ3) is 2.14. The lowest BCUT2D eigenvalue weighted by atomic mass is 10.2. The number of nitrogens with two attached hydrogens (primary N) is 1. The van der Waals surface area contributed by atoms with E-state index < -0.39 is 0 Å².